The Kier molecular flexibility index (Phi) is 7.24. The normalized spacial score (nSPS) is 15.6. The summed E-state index contributed by atoms with van der Waals surface area (Å²) in [5.74, 6) is -1.78. The van der Waals surface area contributed by atoms with Gasteiger partial charge in [0.2, 0.25) is 0 Å². The summed E-state index contributed by atoms with van der Waals surface area (Å²) in [5, 5.41) is 5.27. The fourth-order valence-corrected chi connectivity index (χ4v) is 2.84. The maximum absolute atomic E-state index is 13.8. The molecule has 1 unspecified atom stereocenters. The van der Waals surface area contributed by atoms with E-state index in [2.05, 4.69) is 15.4 Å². The fourth-order valence-electron chi connectivity index (χ4n) is 2.84. The molecule has 0 aromatic heterocycles. The molecule has 0 bridgehead atoms. The van der Waals surface area contributed by atoms with E-state index in [1.165, 1.54) is 44.2 Å². The lowest BCUT2D eigenvalue weighted by atomic mass is 10.1. The highest BCUT2D eigenvalue weighted by Gasteiger charge is 2.32. The van der Waals surface area contributed by atoms with Crippen LogP contribution in [0.2, 0.25) is 0 Å². The zero-order valence-corrected chi connectivity index (χ0v) is 17.5. The number of anilines is 1. The summed E-state index contributed by atoms with van der Waals surface area (Å²) in [7, 11) is 0. The van der Waals surface area contributed by atoms with Gasteiger partial charge in [0.15, 0.2) is 5.60 Å². The molecule has 32 heavy (non-hydrogen) atoms. The zero-order chi connectivity index (χ0) is 23.3. The van der Waals surface area contributed by atoms with Crippen LogP contribution in [0.4, 0.5) is 18.9 Å². The predicted molar refractivity (Wildman–Crippen MR) is 110 cm³/mol. The standard InChI is InChI=1S/C22H23F3N2O5/c1-22(2,20(29)27-14-4-6-15(7-5-14)31-21(24)25)32-18-8-3-13(23)11-17(18)19(28)26-12-16-9-10-30-16/h3-8,11,16,21H,9-10,12H2,1-2H3,(H,26,28)(H,27,29). The Balaban J connectivity index is 1.67. The first-order valence-corrected chi connectivity index (χ1v) is 9.89. The van der Waals surface area contributed by atoms with Crippen molar-refractivity contribution in [2.24, 2.45) is 0 Å². The Morgan fingerprint density at radius 2 is 1.88 bits per heavy atom. The molecular weight excluding hydrogens is 429 g/mol. The minimum Gasteiger partial charge on any atom is -0.477 e. The molecule has 2 aromatic rings. The van der Waals surface area contributed by atoms with Gasteiger partial charge in [0, 0.05) is 18.8 Å². The van der Waals surface area contributed by atoms with E-state index in [1.807, 2.05) is 0 Å². The van der Waals surface area contributed by atoms with Gasteiger partial charge >= 0.3 is 6.61 Å². The van der Waals surface area contributed by atoms with Gasteiger partial charge in [0.25, 0.3) is 11.8 Å². The summed E-state index contributed by atoms with van der Waals surface area (Å²) >= 11 is 0. The van der Waals surface area contributed by atoms with Gasteiger partial charge in [0.1, 0.15) is 17.3 Å². The lowest BCUT2D eigenvalue weighted by Crippen LogP contribution is -2.43. The largest absolute Gasteiger partial charge is 0.477 e. The number of carbonyl (C=O) groups excluding carboxylic acids is 2. The second kappa shape index (κ2) is 9.90. The van der Waals surface area contributed by atoms with Gasteiger partial charge in [-0.15, -0.1) is 0 Å². The molecule has 1 aliphatic heterocycles. The van der Waals surface area contributed by atoms with E-state index in [1.54, 1.807) is 0 Å². The smallest absolute Gasteiger partial charge is 0.387 e. The Morgan fingerprint density at radius 1 is 1.19 bits per heavy atom. The predicted octanol–water partition coefficient (Wildman–Crippen LogP) is 3.74. The molecule has 0 spiro atoms. The van der Waals surface area contributed by atoms with E-state index in [9.17, 15) is 22.8 Å². The first kappa shape index (κ1) is 23.4. The van der Waals surface area contributed by atoms with Gasteiger partial charge in [0.05, 0.1) is 11.7 Å². The third kappa shape index (κ3) is 6.13. The van der Waals surface area contributed by atoms with Crippen molar-refractivity contribution in [2.75, 3.05) is 18.5 Å². The molecular formula is C22H23F3N2O5. The van der Waals surface area contributed by atoms with Crippen LogP contribution in [0.3, 0.4) is 0 Å². The number of halogens is 3. The van der Waals surface area contributed by atoms with E-state index in [-0.39, 0.29) is 29.7 Å². The molecule has 0 radical (unpaired) electrons. The topological polar surface area (TPSA) is 85.9 Å². The maximum Gasteiger partial charge on any atom is 0.387 e. The minimum atomic E-state index is -2.95. The number of hydrogen-bond acceptors (Lipinski definition) is 5. The first-order valence-electron chi connectivity index (χ1n) is 9.89. The summed E-state index contributed by atoms with van der Waals surface area (Å²) in [4.78, 5) is 25.3. The summed E-state index contributed by atoms with van der Waals surface area (Å²) < 4.78 is 53.6. The summed E-state index contributed by atoms with van der Waals surface area (Å²) in [5.41, 5.74) is -1.19. The molecule has 2 aromatic carbocycles. The van der Waals surface area contributed by atoms with Crippen LogP contribution >= 0.6 is 0 Å². The van der Waals surface area contributed by atoms with Crippen molar-refractivity contribution in [3.8, 4) is 11.5 Å². The van der Waals surface area contributed by atoms with Crippen molar-refractivity contribution in [2.45, 2.75) is 38.6 Å². The number of hydrogen-bond donors (Lipinski definition) is 2. The quantitative estimate of drug-likeness (QED) is 0.606. The van der Waals surface area contributed by atoms with Gasteiger partial charge in [-0.1, -0.05) is 0 Å². The fraction of sp³-hybridized carbons (Fsp3) is 0.364. The van der Waals surface area contributed by atoms with Crippen LogP contribution < -0.4 is 20.1 Å². The lowest BCUT2D eigenvalue weighted by molar-refractivity contribution is -0.128. The van der Waals surface area contributed by atoms with Crippen molar-refractivity contribution in [1.82, 2.24) is 5.32 Å². The number of nitrogens with one attached hydrogen (secondary N) is 2. The van der Waals surface area contributed by atoms with Crippen LogP contribution in [-0.2, 0) is 9.53 Å². The monoisotopic (exact) mass is 452 g/mol. The second-order valence-corrected chi connectivity index (χ2v) is 7.60. The van der Waals surface area contributed by atoms with E-state index in [4.69, 9.17) is 9.47 Å². The number of rotatable bonds is 9. The van der Waals surface area contributed by atoms with Crippen molar-refractivity contribution < 1.29 is 37.0 Å². The van der Waals surface area contributed by atoms with Crippen LogP contribution in [0.5, 0.6) is 11.5 Å². The Morgan fingerprint density at radius 3 is 2.47 bits per heavy atom. The van der Waals surface area contributed by atoms with Gasteiger partial charge < -0.3 is 24.8 Å². The molecule has 1 saturated heterocycles. The lowest BCUT2D eigenvalue weighted by Gasteiger charge is -2.28. The molecule has 0 aliphatic carbocycles. The van der Waals surface area contributed by atoms with Crippen LogP contribution in [-0.4, -0.2) is 43.3 Å². The SMILES string of the molecule is CC(C)(Oc1ccc(F)cc1C(=O)NCC1CCO1)C(=O)Nc1ccc(OC(F)F)cc1. The zero-order valence-electron chi connectivity index (χ0n) is 17.5. The van der Waals surface area contributed by atoms with E-state index in [0.29, 0.717) is 12.3 Å². The molecule has 1 fully saturated rings. The molecule has 2 amide bonds. The Bertz CT molecular complexity index is 963. The second-order valence-electron chi connectivity index (χ2n) is 7.60. The van der Waals surface area contributed by atoms with Gasteiger partial charge in [-0.2, -0.15) is 8.78 Å². The maximum atomic E-state index is 13.8. The highest BCUT2D eigenvalue weighted by molar-refractivity contribution is 5.99. The summed E-state index contributed by atoms with van der Waals surface area (Å²) in [6, 6.07) is 8.78. The average Bonchev–Trinajstić information content (AvgIpc) is 2.69. The van der Waals surface area contributed by atoms with E-state index >= 15 is 0 Å². The summed E-state index contributed by atoms with van der Waals surface area (Å²) in [6.45, 7) is 0.920. The molecule has 3 rings (SSSR count). The molecule has 1 atom stereocenters. The average molecular weight is 452 g/mol. The van der Waals surface area contributed by atoms with Crippen LogP contribution in [0, 0.1) is 5.82 Å². The third-order valence-corrected chi connectivity index (χ3v) is 4.72. The highest BCUT2D eigenvalue weighted by atomic mass is 19.3. The number of amides is 2. The first-order chi connectivity index (χ1) is 15.1. The van der Waals surface area contributed by atoms with E-state index < -0.39 is 29.8 Å². The van der Waals surface area contributed by atoms with Gasteiger partial charge in [-0.3, -0.25) is 9.59 Å². The molecule has 7 nitrogen and oxygen atoms in total. The van der Waals surface area contributed by atoms with Crippen molar-refractivity contribution in [3.05, 3.63) is 53.8 Å². The molecule has 10 heteroatoms. The molecule has 0 saturated carbocycles. The highest BCUT2D eigenvalue weighted by Crippen LogP contribution is 2.26. The minimum absolute atomic E-state index is 0.0271. The van der Waals surface area contributed by atoms with Crippen molar-refractivity contribution in [1.29, 1.82) is 0 Å². The summed E-state index contributed by atoms with van der Waals surface area (Å²) in [6.07, 6.45) is 0.756. The van der Waals surface area contributed by atoms with Crippen LogP contribution in [0.1, 0.15) is 30.6 Å². The third-order valence-electron chi connectivity index (χ3n) is 4.72. The number of carbonyl (C=O) groups is 2. The number of ether oxygens (including phenoxy) is 3. The van der Waals surface area contributed by atoms with Crippen LogP contribution in [0.25, 0.3) is 0 Å². The molecule has 1 heterocycles. The van der Waals surface area contributed by atoms with E-state index in [0.717, 1.165) is 18.6 Å². The molecule has 1 aliphatic rings. The number of benzene rings is 2. The Labute approximate surface area is 182 Å². The van der Waals surface area contributed by atoms with Crippen molar-refractivity contribution in [3.63, 3.8) is 0 Å². The molecule has 172 valence electrons. The number of alkyl halides is 2. The molecule has 2 N–H and O–H groups in total. The Hall–Kier alpha value is -3.27. The van der Waals surface area contributed by atoms with Crippen LogP contribution in [0.15, 0.2) is 42.5 Å². The van der Waals surface area contributed by atoms with Gasteiger partial charge in [-0.05, 0) is 62.7 Å². The van der Waals surface area contributed by atoms with Gasteiger partial charge in [-0.25, -0.2) is 4.39 Å². The van der Waals surface area contributed by atoms with Crippen molar-refractivity contribution >= 4 is 17.5 Å².